The molecule has 1 aromatic carbocycles. The van der Waals surface area contributed by atoms with Crippen LogP contribution in [0.15, 0.2) is 18.2 Å². The van der Waals surface area contributed by atoms with E-state index < -0.39 is 0 Å². The van der Waals surface area contributed by atoms with Crippen molar-refractivity contribution in [2.75, 3.05) is 31.1 Å². The second kappa shape index (κ2) is 6.06. The smallest absolute Gasteiger partial charge is 0.164 e. The Morgan fingerprint density at radius 1 is 1.37 bits per heavy atom. The highest BCUT2D eigenvalue weighted by molar-refractivity contribution is 5.97. The van der Waals surface area contributed by atoms with Crippen LogP contribution in [0.1, 0.15) is 36.5 Å². The highest BCUT2D eigenvalue weighted by Gasteiger charge is 2.17. The zero-order valence-electron chi connectivity index (χ0n) is 11.6. The van der Waals surface area contributed by atoms with Crippen LogP contribution >= 0.6 is 0 Å². The third-order valence-electron chi connectivity index (χ3n) is 3.80. The van der Waals surface area contributed by atoms with Crippen molar-refractivity contribution >= 4 is 17.2 Å². The van der Waals surface area contributed by atoms with Crippen molar-refractivity contribution in [3.63, 3.8) is 0 Å². The molecular weight excluding hydrogens is 238 g/mol. The number of benzene rings is 1. The van der Waals surface area contributed by atoms with Crippen LogP contribution in [0, 0.1) is 5.92 Å². The first-order chi connectivity index (χ1) is 9.06. The minimum absolute atomic E-state index is 0.143. The molecule has 4 N–H and O–H groups in total. The van der Waals surface area contributed by atoms with Crippen molar-refractivity contribution in [3.05, 3.63) is 23.8 Å². The van der Waals surface area contributed by atoms with E-state index in [1.807, 2.05) is 0 Å². The van der Waals surface area contributed by atoms with Crippen LogP contribution in [-0.2, 0) is 0 Å². The maximum Gasteiger partial charge on any atom is 0.164 e. The summed E-state index contributed by atoms with van der Waals surface area (Å²) in [6.45, 7) is 5.33. The molecule has 4 heteroatoms. The lowest BCUT2D eigenvalue weighted by Crippen LogP contribution is -2.35. The zero-order chi connectivity index (χ0) is 13.8. The number of anilines is 2. The van der Waals surface area contributed by atoms with Crippen LogP contribution in [0.5, 0.6) is 0 Å². The molecule has 4 nitrogen and oxygen atoms in total. The van der Waals surface area contributed by atoms with Gasteiger partial charge >= 0.3 is 0 Å². The minimum atomic E-state index is 0.143. The van der Waals surface area contributed by atoms with Crippen LogP contribution in [0.2, 0.25) is 0 Å². The van der Waals surface area contributed by atoms with E-state index in [2.05, 4.69) is 11.8 Å². The molecule has 0 radical (unpaired) electrons. The molecule has 1 aliphatic rings. The van der Waals surface area contributed by atoms with Crippen molar-refractivity contribution in [3.8, 4) is 0 Å². The first-order valence-electron chi connectivity index (χ1n) is 6.97. The summed E-state index contributed by atoms with van der Waals surface area (Å²) in [4.78, 5) is 14.5. The Hall–Kier alpha value is -1.55. The van der Waals surface area contributed by atoms with Crippen molar-refractivity contribution in [2.45, 2.75) is 26.2 Å². The van der Waals surface area contributed by atoms with Gasteiger partial charge in [-0.2, -0.15) is 0 Å². The molecule has 1 saturated heterocycles. The number of ketones is 1. The number of rotatable bonds is 4. The lowest BCUT2D eigenvalue weighted by Gasteiger charge is -2.30. The molecule has 1 aromatic rings. The Morgan fingerprint density at radius 2 is 2.16 bits per heavy atom. The summed E-state index contributed by atoms with van der Waals surface area (Å²) < 4.78 is 0. The minimum Gasteiger partial charge on any atom is -0.397 e. The van der Waals surface area contributed by atoms with Gasteiger partial charge in [0.1, 0.15) is 0 Å². The lowest BCUT2D eigenvalue weighted by atomic mass is 9.99. The summed E-state index contributed by atoms with van der Waals surface area (Å²) in [6.07, 6.45) is 3.10. The van der Waals surface area contributed by atoms with Gasteiger partial charge < -0.3 is 16.4 Å². The van der Waals surface area contributed by atoms with Crippen LogP contribution in [0.3, 0.4) is 0 Å². The van der Waals surface area contributed by atoms with Crippen LogP contribution in [-0.4, -0.2) is 30.3 Å². The third kappa shape index (κ3) is 3.70. The molecule has 1 fully saturated rings. The topological polar surface area (TPSA) is 72.3 Å². The van der Waals surface area contributed by atoms with E-state index in [4.69, 9.17) is 11.5 Å². The molecule has 1 atom stereocenters. The zero-order valence-corrected chi connectivity index (χ0v) is 11.6. The molecule has 19 heavy (non-hydrogen) atoms. The molecule has 0 spiro atoms. The normalized spacial score (nSPS) is 20.4. The molecular formula is C15H23N3O. The van der Waals surface area contributed by atoms with Gasteiger partial charge in [-0.1, -0.05) is 6.92 Å². The molecule has 2 rings (SSSR count). The third-order valence-corrected chi connectivity index (χ3v) is 3.80. The first-order valence-corrected chi connectivity index (χ1v) is 6.97. The SMILES string of the molecule is CC1CCCN(CCC(=O)c2ccc(N)c(N)c2)C1. The summed E-state index contributed by atoms with van der Waals surface area (Å²) in [6, 6.07) is 5.13. The quantitative estimate of drug-likeness (QED) is 0.643. The predicted octanol–water partition coefficient (Wildman–Crippen LogP) is 2.16. The van der Waals surface area contributed by atoms with E-state index in [-0.39, 0.29) is 5.78 Å². The number of likely N-dealkylation sites (tertiary alicyclic amines) is 1. The van der Waals surface area contributed by atoms with E-state index in [9.17, 15) is 4.79 Å². The average Bonchev–Trinajstić information content (AvgIpc) is 2.39. The number of hydrogen-bond acceptors (Lipinski definition) is 4. The van der Waals surface area contributed by atoms with Gasteiger partial charge in [-0.15, -0.1) is 0 Å². The van der Waals surface area contributed by atoms with E-state index in [0.29, 0.717) is 23.4 Å². The monoisotopic (exact) mass is 261 g/mol. The Labute approximate surface area is 114 Å². The van der Waals surface area contributed by atoms with E-state index in [1.165, 1.54) is 12.8 Å². The van der Waals surface area contributed by atoms with Gasteiger partial charge in [-0.05, 0) is 43.5 Å². The van der Waals surface area contributed by atoms with Crippen molar-refractivity contribution in [1.82, 2.24) is 4.90 Å². The summed E-state index contributed by atoms with van der Waals surface area (Å²) in [5.74, 6) is 0.890. The largest absolute Gasteiger partial charge is 0.397 e. The van der Waals surface area contributed by atoms with Gasteiger partial charge in [0.05, 0.1) is 11.4 Å². The Kier molecular flexibility index (Phi) is 4.43. The van der Waals surface area contributed by atoms with Gasteiger partial charge in [0.25, 0.3) is 0 Å². The molecule has 0 bridgehead atoms. The second-order valence-electron chi connectivity index (χ2n) is 5.56. The number of Topliss-reactive ketones (excluding diaryl/α,β-unsaturated/α-hetero) is 1. The number of piperidine rings is 1. The van der Waals surface area contributed by atoms with Crippen LogP contribution in [0.4, 0.5) is 11.4 Å². The molecule has 0 aromatic heterocycles. The first kappa shape index (κ1) is 13.9. The van der Waals surface area contributed by atoms with Crippen LogP contribution in [0.25, 0.3) is 0 Å². The fraction of sp³-hybridized carbons (Fsp3) is 0.533. The fourth-order valence-corrected chi connectivity index (χ4v) is 2.64. The summed E-state index contributed by atoms with van der Waals surface area (Å²) >= 11 is 0. The summed E-state index contributed by atoms with van der Waals surface area (Å²) in [5, 5.41) is 0. The Bertz CT molecular complexity index is 459. The van der Waals surface area contributed by atoms with E-state index in [0.717, 1.165) is 25.6 Å². The van der Waals surface area contributed by atoms with Gasteiger partial charge in [0, 0.05) is 25.1 Å². The van der Waals surface area contributed by atoms with E-state index in [1.54, 1.807) is 18.2 Å². The maximum atomic E-state index is 12.1. The Morgan fingerprint density at radius 3 is 2.84 bits per heavy atom. The highest BCUT2D eigenvalue weighted by atomic mass is 16.1. The predicted molar refractivity (Wildman–Crippen MR) is 79.1 cm³/mol. The van der Waals surface area contributed by atoms with Gasteiger partial charge in [-0.25, -0.2) is 0 Å². The molecule has 1 unspecified atom stereocenters. The maximum absolute atomic E-state index is 12.1. The van der Waals surface area contributed by atoms with Crippen LogP contribution < -0.4 is 11.5 Å². The van der Waals surface area contributed by atoms with Gasteiger partial charge in [0.15, 0.2) is 5.78 Å². The number of hydrogen-bond donors (Lipinski definition) is 2. The fourth-order valence-electron chi connectivity index (χ4n) is 2.64. The van der Waals surface area contributed by atoms with Crippen molar-refractivity contribution < 1.29 is 4.79 Å². The van der Waals surface area contributed by atoms with E-state index >= 15 is 0 Å². The summed E-state index contributed by atoms with van der Waals surface area (Å²) in [7, 11) is 0. The number of carbonyl (C=O) groups is 1. The molecule has 0 aliphatic carbocycles. The van der Waals surface area contributed by atoms with Crippen molar-refractivity contribution in [1.29, 1.82) is 0 Å². The average molecular weight is 261 g/mol. The standard InChI is InChI=1S/C15H23N3O/c1-11-3-2-7-18(10-11)8-6-15(19)12-4-5-13(16)14(17)9-12/h4-5,9,11H,2-3,6-8,10,16-17H2,1H3. The molecule has 0 saturated carbocycles. The number of nitrogens with zero attached hydrogens (tertiary/aromatic N) is 1. The van der Waals surface area contributed by atoms with Gasteiger partial charge in [0.2, 0.25) is 0 Å². The second-order valence-corrected chi connectivity index (χ2v) is 5.56. The highest BCUT2D eigenvalue weighted by Crippen LogP contribution is 2.19. The molecule has 1 heterocycles. The molecule has 104 valence electrons. The molecule has 0 amide bonds. The number of nitrogens with two attached hydrogens (primary N) is 2. The summed E-state index contributed by atoms with van der Waals surface area (Å²) in [5.41, 5.74) is 13.1. The number of carbonyl (C=O) groups excluding carboxylic acids is 1. The Balaban J connectivity index is 1.88. The molecule has 1 aliphatic heterocycles. The van der Waals surface area contributed by atoms with Crippen molar-refractivity contribution in [2.24, 2.45) is 5.92 Å². The van der Waals surface area contributed by atoms with Gasteiger partial charge in [-0.3, -0.25) is 4.79 Å². The lowest BCUT2D eigenvalue weighted by molar-refractivity contribution is 0.0949. The number of nitrogen functional groups attached to an aromatic ring is 2.